The van der Waals surface area contributed by atoms with Gasteiger partial charge in [-0.3, -0.25) is 9.59 Å². The molecular weight excluding hydrogens is 368 g/mol. The number of hydrogen-bond acceptors (Lipinski definition) is 8. The number of methoxy groups -OCH3 is 1. The van der Waals surface area contributed by atoms with Crippen molar-refractivity contribution in [2.45, 2.75) is 75.0 Å². The third kappa shape index (κ3) is 2.25. The SMILES string of the molecule is CC=C1C(=O)OC2(C)CC3OC(=O)C(COC)C34OC12CCC(C)(O)CC4=O. The summed E-state index contributed by atoms with van der Waals surface area (Å²) in [5.41, 5.74) is -4.99. The number of esters is 2. The standard InChI is InChI=1S/C20H26O8/c1-5-11-16(23)27-18(3)9-14-20(12(10-25-4)15(22)26-14)13(21)8-17(2,24)6-7-19(11,18)28-20/h5,12,14,24H,6-10H2,1-4H3. The van der Waals surface area contributed by atoms with Crippen molar-refractivity contribution in [1.29, 1.82) is 0 Å². The molecule has 4 rings (SSSR count). The Hall–Kier alpha value is -1.77. The molecule has 2 bridgehead atoms. The van der Waals surface area contributed by atoms with Crippen LogP contribution in [0.2, 0.25) is 0 Å². The second kappa shape index (κ2) is 5.87. The van der Waals surface area contributed by atoms with Crippen LogP contribution in [0, 0.1) is 5.92 Å². The molecule has 4 saturated heterocycles. The van der Waals surface area contributed by atoms with Gasteiger partial charge in [0.15, 0.2) is 11.4 Å². The highest BCUT2D eigenvalue weighted by Crippen LogP contribution is 2.60. The van der Waals surface area contributed by atoms with Crippen LogP contribution in [0.3, 0.4) is 0 Å². The van der Waals surface area contributed by atoms with E-state index in [0.29, 0.717) is 5.57 Å². The summed E-state index contributed by atoms with van der Waals surface area (Å²) in [6.45, 7) is 4.97. The molecule has 4 fully saturated rings. The molecule has 154 valence electrons. The second-order valence-electron chi connectivity index (χ2n) is 8.78. The molecule has 0 aromatic rings. The quantitative estimate of drug-likeness (QED) is 0.542. The maximum Gasteiger partial charge on any atom is 0.337 e. The maximum atomic E-state index is 13.5. The minimum absolute atomic E-state index is 0.0595. The molecule has 0 aromatic heterocycles. The van der Waals surface area contributed by atoms with Gasteiger partial charge in [0.25, 0.3) is 0 Å². The van der Waals surface area contributed by atoms with E-state index in [-0.39, 0.29) is 32.3 Å². The van der Waals surface area contributed by atoms with Crippen molar-refractivity contribution >= 4 is 17.7 Å². The molecule has 0 radical (unpaired) electrons. The number of allylic oxidation sites excluding steroid dienone is 1. The van der Waals surface area contributed by atoms with E-state index in [0.717, 1.165) is 0 Å². The Morgan fingerprint density at radius 1 is 1.25 bits per heavy atom. The lowest BCUT2D eigenvalue weighted by Gasteiger charge is -2.55. The summed E-state index contributed by atoms with van der Waals surface area (Å²) < 4.78 is 23.1. The second-order valence-corrected chi connectivity index (χ2v) is 8.78. The summed E-state index contributed by atoms with van der Waals surface area (Å²) in [6, 6.07) is 0. The number of hydrogen-bond donors (Lipinski definition) is 1. The minimum atomic E-state index is -1.63. The normalized spacial score (nSPS) is 49.2. The number of ketones is 1. The first-order valence-corrected chi connectivity index (χ1v) is 9.61. The Balaban J connectivity index is 1.96. The zero-order valence-electron chi connectivity index (χ0n) is 16.6. The van der Waals surface area contributed by atoms with E-state index >= 15 is 0 Å². The molecule has 8 nitrogen and oxygen atoms in total. The largest absolute Gasteiger partial charge is 0.458 e. The van der Waals surface area contributed by atoms with Crippen molar-refractivity contribution in [2.75, 3.05) is 13.7 Å². The van der Waals surface area contributed by atoms with E-state index in [4.69, 9.17) is 18.9 Å². The molecular formula is C20H26O8. The smallest absolute Gasteiger partial charge is 0.337 e. The average Bonchev–Trinajstić information content (AvgIpc) is 2.97. The number of aliphatic hydroxyl groups is 1. The lowest BCUT2D eigenvalue weighted by atomic mass is 9.63. The maximum absolute atomic E-state index is 13.5. The summed E-state index contributed by atoms with van der Waals surface area (Å²) in [5.74, 6) is -2.47. The van der Waals surface area contributed by atoms with Crippen LogP contribution in [0.5, 0.6) is 0 Å². The van der Waals surface area contributed by atoms with Gasteiger partial charge >= 0.3 is 11.9 Å². The summed E-state index contributed by atoms with van der Waals surface area (Å²) in [4.78, 5) is 38.8. The number of ether oxygens (including phenoxy) is 4. The Labute approximate surface area is 163 Å². The van der Waals surface area contributed by atoms with Crippen molar-refractivity contribution < 1.29 is 38.4 Å². The molecule has 6 atom stereocenters. The molecule has 4 heterocycles. The Bertz CT molecular complexity index is 785. The summed E-state index contributed by atoms with van der Waals surface area (Å²) in [5, 5.41) is 10.9. The topological polar surface area (TPSA) is 108 Å². The van der Waals surface area contributed by atoms with Gasteiger partial charge < -0.3 is 24.1 Å². The van der Waals surface area contributed by atoms with Crippen molar-refractivity contribution in [1.82, 2.24) is 0 Å². The molecule has 1 N–H and O–H groups in total. The lowest BCUT2D eigenvalue weighted by molar-refractivity contribution is -0.273. The van der Waals surface area contributed by atoms with E-state index in [1.54, 1.807) is 26.8 Å². The lowest BCUT2D eigenvalue weighted by Crippen LogP contribution is -2.71. The molecule has 4 aliphatic heterocycles. The molecule has 0 aromatic carbocycles. The predicted octanol–water partition coefficient (Wildman–Crippen LogP) is 0.838. The van der Waals surface area contributed by atoms with Crippen LogP contribution in [-0.2, 0) is 33.3 Å². The summed E-state index contributed by atoms with van der Waals surface area (Å²) >= 11 is 0. The van der Waals surface area contributed by atoms with E-state index in [1.807, 2.05) is 0 Å². The third-order valence-corrected chi connectivity index (χ3v) is 6.90. The molecule has 4 aliphatic rings. The van der Waals surface area contributed by atoms with Crippen molar-refractivity contribution in [3.63, 3.8) is 0 Å². The van der Waals surface area contributed by atoms with Gasteiger partial charge in [-0.2, -0.15) is 0 Å². The fraction of sp³-hybridized carbons (Fsp3) is 0.750. The first-order chi connectivity index (χ1) is 13.1. The number of Topliss-reactive ketones (excluding diaryl/α,β-unsaturated/α-hetero) is 1. The molecule has 2 spiro atoms. The van der Waals surface area contributed by atoms with E-state index in [2.05, 4.69) is 0 Å². The number of carbonyl (C=O) groups excluding carboxylic acids is 3. The Kier molecular flexibility index (Phi) is 4.10. The third-order valence-electron chi connectivity index (χ3n) is 6.90. The minimum Gasteiger partial charge on any atom is -0.458 e. The van der Waals surface area contributed by atoms with Crippen LogP contribution in [0.15, 0.2) is 11.6 Å². The molecule has 0 amide bonds. The monoisotopic (exact) mass is 394 g/mol. The van der Waals surface area contributed by atoms with Gasteiger partial charge in [0.05, 0.1) is 17.8 Å². The summed E-state index contributed by atoms with van der Waals surface area (Å²) in [7, 11) is 1.43. The molecule has 0 saturated carbocycles. The fourth-order valence-electron chi connectivity index (χ4n) is 5.45. The van der Waals surface area contributed by atoms with Crippen molar-refractivity contribution in [3.05, 3.63) is 11.6 Å². The zero-order chi connectivity index (χ0) is 20.5. The fourth-order valence-corrected chi connectivity index (χ4v) is 5.45. The van der Waals surface area contributed by atoms with Gasteiger partial charge in [-0.15, -0.1) is 0 Å². The molecule has 28 heavy (non-hydrogen) atoms. The molecule has 6 unspecified atom stereocenters. The van der Waals surface area contributed by atoms with Gasteiger partial charge in [-0.1, -0.05) is 6.08 Å². The number of rotatable bonds is 2. The highest BCUT2D eigenvalue weighted by Gasteiger charge is 2.77. The van der Waals surface area contributed by atoms with Crippen LogP contribution in [-0.4, -0.2) is 65.1 Å². The first-order valence-electron chi connectivity index (χ1n) is 9.61. The Morgan fingerprint density at radius 2 is 1.96 bits per heavy atom. The van der Waals surface area contributed by atoms with Crippen LogP contribution in [0.4, 0.5) is 0 Å². The van der Waals surface area contributed by atoms with Gasteiger partial charge in [-0.05, 0) is 33.6 Å². The van der Waals surface area contributed by atoms with Crippen LogP contribution >= 0.6 is 0 Å². The molecule has 0 aliphatic carbocycles. The zero-order valence-corrected chi connectivity index (χ0v) is 16.6. The van der Waals surface area contributed by atoms with Gasteiger partial charge in [-0.25, -0.2) is 4.79 Å². The average molecular weight is 394 g/mol. The van der Waals surface area contributed by atoms with Crippen LogP contribution < -0.4 is 0 Å². The molecule has 8 heteroatoms. The van der Waals surface area contributed by atoms with Gasteiger partial charge in [0.1, 0.15) is 23.2 Å². The summed E-state index contributed by atoms with van der Waals surface area (Å²) in [6.07, 6.45) is 1.21. The van der Waals surface area contributed by atoms with Crippen LogP contribution in [0.1, 0.15) is 46.5 Å². The van der Waals surface area contributed by atoms with Gasteiger partial charge in [0.2, 0.25) is 0 Å². The van der Waals surface area contributed by atoms with E-state index in [9.17, 15) is 19.5 Å². The van der Waals surface area contributed by atoms with E-state index < -0.39 is 52.1 Å². The first kappa shape index (κ1) is 19.5. The van der Waals surface area contributed by atoms with Gasteiger partial charge in [0, 0.05) is 20.0 Å². The highest BCUT2D eigenvalue weighted by molar-refractivity contribution is 5.99. The number of carbonyl (C=O) groups is 3. The van der Waals surface area contributed by atoms with Crippen molar-refractivity contribution in [2.24, 2.45) is 5.92 Å². The van der Waals surface area contributed by atoms with E-state index in [1.165, 1.54) is 7.11 Å². The highest BCUT2D eigenvalue weighted by atomic mass is 16.7. The Morgan fingerprint density at radius 3 is 2.61 bits per heavy atom. The van der Waals surface area contributed by atoms with Crippen molar-refractivity contribution in [3.8, 4) is 0 Å². The predicted molar refractivity (Wildman–Crippen MR) is 94.1 cm³/mol. The van der Waals surface area contributed by atoms with Crippen LogP contribution in [0.25, 0.3) is 0 Å².